The van der Waals surface area contributed by atoms with Crippen LogP contribution < -0.4 is 9.64 Å². The molecular weight excluding hydrogens is 310 g/mol. The van der Waals surface area contributed by atoms with Crippen LogP contribution in [-0.2, 0) is 4.74 Å². The van der Waals surface area contributed by atoms with Crippen molar-refractivity contribution < 1.29 is 9.47 Å². The maximum absolute atomic E-state index is 5.55. The Kier molecular flexibility index (Phi) is 4.37. The Bertz CT molecular complexity index is 669. The van der Waals surface area contributed by atoms with Crippen molar-refractivity contribution in [3.8, 4) is 5.75 Å². The van der Waals surface area contributed by atoms with Gasteiger partial charge in [-0.2, -0.15) is 0 Å². The summed E-state index contributed by atoms with van der Waals surface area (Å²) < 4.78 is 12.1. The van der Waals surface area contributed by atoms with Crippen LogP contribution in [0, 0.1) is 0 Å². The summed E-state index contributed by atoms with van der Waals surface area (Å²) >= 11 is 1.78. The molecule has 2 saturated heterocycles. The number of hydrogen-bond donors (Lipinski definition) is 0. The second kappa shape index (κ2) is 6.63. The summed E-state index contributed by atoms with van der Waals surface area (Å²) in [5.74, 6) is 0.873. The summed E-state index contributed by atoms with van der Waals surface area (Å²) in [5.41, 5.74) is 1.04. The van der Waals surface area contributed by atoms with Crippen molar-refractivity contribution >= 4 is 26.7 Å². The lowest BCUT2D eigenvalue weighted by Gasteiger charge is -2.26. The van der Waals surface area contributed by atoms with E-state index in [-0.39, 0.29) is 0 Å². The van der Waals surface area contributed by atoms with Crippen LogP contribution in [0.25, 0.3) is 10.2 Å². The molecule has 0 N–H and O–H groups in total. The van der Waals surface area contributed by atoms with E-state index in [1.54, 1.807) is 18.4 Å². The van der Waals surface area contributed by atoms with Crippen molar-refractivity contribution in [1.82, 2.24) is 9.88 Å². The summed E-state index contributed by atoms with van der Waals surface area (Å²) in [6.45, 7) is 6.23. The minimum absolute atomic E-state index is 0.620. The van der Waals surface area contributed by atoms with Crippen LogP contribution in [0.3, 0.4) is 0 Å². The molecule has 1 atom stereocenters. The van der Waals surface area contributed by atoms with Gasteiger partial charge in [0.25, 0.3) is 0 Å². The molecule has 23 heavy (non-hydrogen) atoms. The van der Waals surface area contributed by atoms with Crippen molar-refractivity contribution in [3.05, 3.63) is 18.2 Å². The Balaban J connectivity index is 1.49. The molecule has 0 aliphatic carbocycles. The maximum atomic E-state index is 5.55. The molecule has 5 nitrogen and oxygen atoms in total. The topological polar surface area (TPSA) is 37.8 Å². The van der Waals surface area contributed by atoms with Gasteiger partial charge in [-0.1, -0.05) is 11.3 Å². The predicted octanol–water partition coefficient (Wildman–Crippen LogP) is 2.61. The van der Waals surface area contributed by atoms with E-state index in [0.717, 1.165) is 49.2 Å². The highest BCUT2D eigenvalue weighted by molar-refractivity contribution is 7.22. The number of nitrogens with zero attached hydrogens (tertiary/aromatic N) is 3. The Morgan fingerprint density at radius 3 is 3.04 bits per heavy atom. The van der Waals surface area contributed by atoms with E-state index in [4.69, 9.17) is 14.5 Å². The summed E-state index contributed by atoms with van der Waals surface area (Å²) in [7, 11) is 1.70. The highest BCUT2D eigenvalue weighted by Gasteiger charge is 2.26. The van der Waals surface area contributed by atoms with Crippen molar-refractivity contribution in [1.29, 1.82) is 0 Å². The first-order chi connectivity index (χ1) is 11.3. The number of thiazole rings is 1. The number of methoxy groups -OCH3 is 1. The van der Waals surface area contributed by atoms with E-state index in [1.807, 2.05) is 12.1 Å². The molecule has 0 radical (unpaired) electrons. The standard InChI is InChI=1S/C17H23N3O2S/c1-21-14-3-4-16-15(11-14)18-17(23-16)20-7-2-6-19(8-9-20)13-5-10-22-12-13/h3-4,11,13H,2,5-10,12H2,1H3. The molecule has 2 fully saturated rings. The number of rotatable bonds is 3. The molecule has 3 heterocycles. The molecule has 2 aromatic rings. The average Bonchev–Trinajstić information content (AvgIpc) is 3.19. The van der Waals surface area contributed by atoms with Crippen molar-refractivity contribution in [2.75, 3.05) is 51.4 Å². The number of anilines is 1. The molecule has 0 amide bonds. The molecule has 1 unspecified atom stereocenters. The van der Waals surface area contributed by atoms with Gasteiger partial charge in [-0.15, -0.1) is 0 Å². The number of fused-ring (bicyclic) bond motifs is 1. The third-order valence-corrected chi connectivity index (χ3v) is 5.90. The van der Waals surface area contributed by atoms with Gasteiger partial charge in [0.15, 0.2) is 5.13 Å². The fraction of sp³-hybridized carbons (Fsp3) is 0.588. The van der Waals surface area contributed by atoms with E-state index < -0.39 is 0 Å². The lowest BCUT2D eigenvalue weighted by atomic mass is 10.2. The Hall–Kier alpha value is -1.37. The minimum atomic E-state index is 0.620. The van der Waals surface area contributed by atoms with Gasteiger partial charge in [-0.25, -0.2) is 4.98 Å². The first kappa shape index (κ1) is 15.2. The fourth-order valence-electron chi connectivity index (χ4n) is 3.46. The van der Waals surface area contributed by atoms with E-state index in [9.17, 15) is 0 Å². The van der Waals surface area contributed by atoms with Crippen LogP contribution >= 0.6 is 11.3 Å². The third-order valence-electron chi connectivity index (χ3n) is 4.81. The van der Waals surface area contributed by atoms with Crippen LogP contribution in [0.1, 0.15) is 12.8 Å². The lowest BCUT2D eigenvalue weighted by Crippen LogP contribution is -2.38. The van der Waals surface area contributed by atoms with Gasteiger partial charge in [-0.3, -0.25) is 4.90 Å². The molecule has 4 rings (SSSR count). The van der Waals surface area contributed by atoms with Gasteiger partial charge in [0, 0.05) is 44.9 Å². The van der Waals surface area contributed by atoms with Crippen LogP contribution in [0.15, 0.2) is 18.2 Å². The summed E-state index contributed by atoms with van der Waals surface area (Å²) in [5, 5.41) is 1.14. The molecule has 6 heteroatoms. The highest BCUT2D eigenvalue weighted by Crippen LogP contribution is 2.31. The number of benzene rings is 1. The van der Waals surface area contributed by atoms with Crippen molar-refractivity contribution in [2.24, 2.45) is 0 Å². The Labute approximate surface area is 140 Å². The SMILES string of the molecule is COc1ccc2sc(N3CCCN(C4CCOC4)CC3)nc2c1. The third kappa shape index (κ3) is 3.16. The molecule has 1 aromatic carbocycles. The van der Waals surface area contributed by atoms with Gasteiger partial charge < -0.3 is 14.4 Å². The highest BCUT2D eigenvalue weighted by atomic mass is 32.1. The molecule has 124 valence electrons. The zero-order valence-electron chi connectivity index (χ0n) is 13.5. The van der Waals surface area contributed by atoms with Crippen LogP contribution in [0.4, 0.5) is 5.13 Å². The molecule has 0 spiro atoms. The molecule has 1 aromatic heterocycles. The maximum Gasteiger partial charge on any atom is 0.186 e. The predicted molar refractivity (Wildman–Crippen MR) is 93.8 cm³/mol. The number of ether oxygens (including phenoxy) is 2. The van der Waals surface area contributed by atoms with Gasteiger partial charge >= 0.3 is 0 Å². The van der Waals surface area contributed by atoms with Gasteiger partial charge in [0.2, 0.25) is 0 Å². The summed E-state index contributed by atoms with van der Waals surface area (Å²) in [4.78, 5) is 9.87. The first-order valence-electron chi connectivity index (χ1n) is 8.35. The number of hydrogen-bond acceptors (Lipinski definition) is 6. The second-order valence-corrected chi connectivity index (χ2v) is 7.23. The molecule has 2 aliphatic heterocycles. The average molecular weight is 333 g/mol. The molecule has 0 bridgehead atoms. The molecular formula is C17H23N3O2S. The molecule has 0 saturated carbocycles. The van der Waals surface area contributed by atoms with Crippen molar-refractivity contribution in [3.63, 3.8) is 0 Å². The normalized spacial score (nSPS) is 23.3. The van der Waals surface area contributed by atoms with Crippen LogP contribution in [-0.4, -0.2) is 62.4 Å². The smallest absolute Gasteiger partial charge is 0.186 e. The van der Waals surface area contributed by atoms with Gasteiger partial charge in [0.1, 0.15) is 5.75 Å². The summed E-state index contributed by atoms with van der Waals surface area (Å²) in [6.07, 6.45) is 2.37. The largest absolute Gasteiger partial charge is 0.497 e. The van der Waals surface area contributed by atoms with E-state index in [0.29, 0.717) is 6.04 Å². The van der Waals surface area contributed by atoms with E-state index in [1.165, 1.54) is 24.1 Å². The van der Waals surface area contributed by atoms with Crippen LogP contribution in [0.2, 0.25) is 0 Å². The zero-order chi connectivity index (χ0) is 15.6. The summed E-state index contributed by atoms with van der Waals surface area (Å²) in [6, 6.07) is 6.76. The fourth-order valence-corrected chi connectivity index (χ4v) is 4.46. The Morgan fingerprint density at radius 1 is 1.26 bits per heavy atom. The van der Waals surface area contributed by atoms with E-state index in [2.05, 4.69) is 15.9 Å². The van der Waals surface area contributed by atoms with Crippen molar-refractivity contribution in [2.45, 2.75) is 18.9 Å². The van der Waals surface area contributed by atoms with Gasteiger partial charge in [-0.05, 0) is 25.0 Å². The lowest BCUT2D eigenvalue weighted by molar-refractivity contribution is 0.148. The zero-order valence-corrected chi connectivity index (χ0v) is 14.3. The number of aromatic nitrogens is 1. The molecule has 2 aliphatic rings. The van der Waals surface area contributed by atoms with E-state index >= 15 is 0 Å². The van der Waals surface area contributed by atoms with Gasteiger partial charge in [0.05, 0.1) is 23.9 Å². The monoisotopic (exact) mass is 333 g/mol. The first-order valence-corrected chi connectivity index (χ1v) is 9.16. The second-order valence-electron chi connectivity index (χ2n) is 6.22. The minimum Gasteiger partial charge on any atom is -0.497 e. The Morgan fingerprint density at radius 2 is 2.22 bits per heavy atom. The van der Waals surface area contributed by atoms with Crippen LogP contribution in [0.5, 0.6) is 5.75 Å². The quantitative estimate of drug-likeness (QED) is 0.863.